The van der Waals surface area contributed by atoms with E-state index in [9.17, 15) is 8.78 Å². The normalized spacial score (nSPS) is 26.7. The number of allylic oxidation sites excluding steroid dienone is 6. The predicted molar refractivity (Wildman–Crippen MR) is 100 cm³/mol. The fourth-order valence-corrected chi connectivity index (χ4v) is 3.45. The average Bonchev–Trinajstić information content (AvgIpc) is 3.38. The highest BCUT2D eigenvalue weighted by molar-refractivity contribution is 7.97. The van der Waals surface area contributed by atoms with Gasteiger partial charge in [0.15, 0.2) is 0 Å². The van der Waals surface area contributed by atoms with Crippen molar-refractivity contribution in [2.45, 2.75) is 38.8 Å². The molecule has 1 fully saturated rings. The summed E-state index contributed by atoms with van der Waals surface area (Å²) in [6.45, 7) is 1.85. The summed E-state index contributed by atoms with van der Waals surface area (Å²) >= 11 is 1.64. The number of rotatable bonds is 9. The molecule has 0 aliphatic heterocycles. The van der Waals surface area contributed by atoms with Crippen LogP contribution in [0.15, 0.2) is 47.2 Å². The molecular formula is C19H28F2N2S. The second-order valence-corrected chi connectivity index (χ2v) is 7.47. The molecule has 2 aliphatic carbocycles. The molecule has 1 saturated carbocycles. The van der Waals surface area contributed by atoms with E-state index in [2.05, 4.69) is 4.72 Å². The maximum atomic E-state index is 14.7. The Bertz CT molecular complexity index is 521. The summed E-state index contributed by atoms with van der Waals surface area (Å²) in [6, 6.07) is 0. The first-order chi connectivity index (χ1) is 11.6. The molecule has 0 saturated heterocycles. The van der Waals surface area contributed by atoms with Crippen molar-refractivity contribution in [1.29, 1.82) is 0 Å². The molecule has 2 nitrogen and oxygen atoms in total. The van der Waals surface area contributed by atoms with Crippen molar-refractivity contribution < 1.29 is 8.78 Å². The standard InChI is InChI=1S/C19H28F2N2S/c1-14(12-22)8-16(11-20)9-17-4-2-3-5-18(10-19(17)21)23-24-13-15-6-7-15/h3-5,8,10,14-15,19,23H,2,6-7,9,11-13,22H2,1H3/b5-3-,16-8-,17-4-,18-10?. The molecule has 5 heteroatoms. The highest BCUT2D eigenvalue weighted by Crippen LogP contribution is 2.32. The number of nitrogens with two attached hydrogens (primary N) is 1. The van der Waals surface area contributed by atoms with Crippen LogP contribution < -0.4 is 10.5 Å². The lowest BCUT2D eigenvalue weighted by Crippen LogP contribution is -2.12. The highest BCUT2D eigenvalue weighted by atomic mass is 32.2. The summed E-state index contributed by atoms with van der Waals surface area (Å²) in [5.41, 5.74) is 7.61. The summed E-state index contributed by atoms with van der Waals surface area (Å²) in [5, 5.41) is 0. The Kier molecular flexibility index (Phi) is 8.06. The molecule has 0 radical (unpaired) electrons. The molecule has 2 unspecified atom stereocenters. The van der Waals surface area contributed by atoms with E-state index in [1.807, 2.05) is 31.2 Å². The zero-order chi connectivity index (χ0) is 17.4. The second-order valence-electron chi connectivity index (χ2n) is 6.65. The Morgan fingerprint density at radius 2 is 2.29 bits per heavy atom. The summed E-state index contributed by atoms with van der Waals surface area (Å²) in [6.07, 6.45) is 11.6. The molecule has 134 valence electrons. The van der Waals surface area contributed by atoms with E-state index in [1.54, 1.807) is 18.0 Å². The Balaban J connectivity index is 1.97. The Morgan fingerprint density at radius 1 is 1.50 bits per heavy atom. The lowest BCUT2D eigenvalue weighted by molar-refractivity contribution is 0.436. The van der Waals surface area contributed by atoms with Gasteiger partial charge in [0.1, 0.15) is 12.8 Å². The molecule has 24 heavy (non-hydrogen) atoms. The van der Waals surface area contributed by atoms with Crippen molar-refractivity contribution in [3.8, 4) is 0 Å². The lowest BCUT2D eigenvalue weighted by Gasteiger charge is -2.16. The van der Waals surface area contributed by atoms with Crippen molar-refractivity contribution in [2.75, 3.05) is 19.0 Å². The van der Waals surface area contributed by atoms with Gasteiger partial charge in [-0.25, -0.2) is 8.78 Å². The van der Waals surface area contributed by atoms with Gasteiger partial charge < -0.3 is 10.5 Å². The van der Waals surface area contributed by atoms with Crippen LogP contribution in [0.5, 0.6) is 0 Å². The third-order valence-corrected chi connectivity index (χ3v) is 5.21. The van der Waals surface area contributed by atoms with Crippen molar-refractivity contribution in [3.05, 3.63) is 47.2 Å². The predicted octanol–water partition coefficient (Wildman–Crippen LogP) is 4.62. The van der Waals surface area contributed by atoms with E-state index < -0.39 is 12.8 Å². The quantitative estimate of drug-likeness (QED) is 0.468. The van der Waals surface area contributed by atoms with Gasteiger partial charge in [0.2, 0.25) is 0 Å². The summed E-state index contributed by atoms with van der Waals surface area (Å²) in [4.78, 5) is 0. The van der Waals surface area contributed by atoms with E-state index in [0.29, 0.717) is 30.5 Å². The van der Waals surface area contributed by atoms with Crippen LogP contribution in [-0.4, -0.2) is 25.1 Å². The number of alkyl halides is 2. The van der Waals surface area contributed by atoms with Gasteiger partial charge in [0.05, 0.1) is 0 Å². The van der Waals surface area contributed by atoms with Crippen molar-refractivity contribution in [1.82, 2.24) is 4.72 Å². The first-order valence-electron chi connectivity index (χ1n) is 8.67. The topological polar surface area (TPSA) is 38.0 Å². The van der Waals surface area contributed by atoms with Gasteiger partial charge >= 0.3 is 0 Å². The number of nitrogens with one attached hydrogen (secondary N) is 1. The smallest absolute Gasteiger partial charge is 0.142 e. The van der Waals surface area contributed by atoms with Crippen LogP contribution in [0.2, 0.25) is 0 Å². The highest BCUT2D eigenvalue weighted by Gasteiger charge is 2.21. The summed E-state index contributed by atoms with van der Waals surface area (Å²) in [7, 11) is 0. The third-order valence-electron chi connectivity index (χ3n) is 4.19. The van der Waals surface area contributed by atoms with E-state index >= 15 is 0 Å². The monoisotopic (exact) mass is 354 g/mol. The molecule has 0 aromatic heterocycles. The van der Waals surface area contributed by atoms with E-state index in [4.69, 9.17) is 5.73 Å². The molecular weight excluding hydrogens is 326 g/mol. The van der Waals surface area contributed by atoms with Crippen LogP contribution in [0.1, 0.15) is 32.6 Å². The van der Waals surface area contributed by atoms with Crippen molar-refractivity contribution in [3.63, 3.8) is 0 Å². The van der Waals surface area contributed by atoms with Crippen LogP contribution in [0.25, 0.3) is 0 Å². The van der Waals surface area contributed by atoms with Gasteiger partial charge in [-0.15, -0.1) is 0 Å². The first kappa shape index (κ1) is 19.3. The van der Waals surface area contributed by atoms with E-state index in [-0.39, 0.29) is 5.92 Å². The van der Waals surface area contributed by atoms with Crippen LogP contribution in [0.4, 0.5) is 8.78 Å². The van der Waals surface area contributed by atoms with Gasteiger partial charge in [-0.3, -0.25) is 0 Å². The Labute approximate surface area is 148 Å². The third kappa shape index (κ3) is 6.81. The lowest BCUT2D eigenvalue weighted by atomic mass is 9.96. The largest absolute Gasteiger partial charge is 0.330 e. The van der Waals surface area contributed by atoms with Crippen LogP contribution in [0.3, 0.4) is 0 Å². The van der Waals surface area contributed by atoms with Crippen molar-refractivity contribution in [2.24, 2.45) is 17.6 Å². The molecule has 0 heterocycles. The minimum Gasteiger partial charge on any atom is -0.330 e. The van der Waals surface area contributed by atoms with Gasteiger partial charge in [0, 0.05) is 11.4 Å². The van der Waals surface area contributed by atoms with E-state index in [1.165, 1.54) is 12.8 Å². The molecule has 0 spiro atoms. The average molecular weight is 355 g/mol. The minimum absolute atomic E-state index is 0.106. The number of halogens is 2. The minimum atomic E-state index is -1.19. The van der Waals surface area contributed by atoms with Crippen molar-refractivity contribution >= 4 is 11.9 Å². The van der Waals surface area contributed by atoms with E-state index in [0.717, 1.165) is 17.4 Å². The van der Waals surface area contributed by atoms with Crippen LogP contribution in [-0.2, 0) is 0 Å². The maximum Gasteiger partial charge on any atom is 0.142 e. The maximum absolute atomic E-state index is 14.7. The molecule has 2 atom stereocenters. The second kappa shape index (κ2) is 10.0. The molecule has 2 rings (SSSR count). The Hall–Kier alpha value is -1.07. The fourth-order valence-electron chi connectivity index (χ4n) is 2.50. The SMILES string of the molecule is CC(/C=C(\CF)C/C1=C/C/C=C\C(NSCC2CC2)=CC1F)CN. The van der Waals surface area contributed by atoms with Gasteiger partial charge in [-0.2, -0.15) is 0 Å². The fraction of sp³-hybridized carbons (Fsp3) is 0.579. The summed E-state index contributed by atoms with van der Waals surface area (Å²) < 4.78 is 31.1. The van der Waals surface area contributed by atoms with Gasteiger partial charge in [-0.1, -0.05) is 37.1 Å². The molecule has 2 aliphatic rings. The molecule has 0 amide bonds. The Morgan fingerprint density at radius 3 is 2.96 bits per heavy atom. The van der Waals surface area contributed by atoms with Crippen LogP contribution >= 0.6 is 11.9 Å². The zero-order valence-corrected chi connectivity index (χ0v) is 15.1. The molecule has 0 aromatic carbocycles. The molecule has 3 N–H and O–H groups in total. The summed E-state index contributed by atoms with van der Waals surface area (Å²) in [5.74, 6) is 1.99. The van der Waals surface area contributed by atoms with Gasteiger partial charge in [-0.05, 0) is 67.4 Å². The molecule has 0 bridgehead atoms. The molecule has 0 aromatic rings. The zero-order valence-electron chi connectivity index (χ0n) is 14.3. The van der Waals surface area contributed by atoms with Gasteiger partial charge in [0.25, 0.3) is 0 Å². The first-order valence-corrected chi connectivity index (χ1v) is 9.65. The van der Waals surface area contributed by atoms with Crippen LogP contribution in [0, 0.1) is 11.8 Å². The number of hydrogen-bond donors (Lipinski definition) is 2. The number of hydrogen-bond acceptors (Lipinski definition) is 3.